The zero-order chi connectivity index (χ0) is 20.6. The summed E-state index contributed by atoms with van der Waals surface area (Å²) in [5, 5.41) is 8.08. The molecule has 148 valence electrons. The minimum absolute atomic E-state index is 0.193. The summed E-state index contributed by atoms with van der Waals surface area (Å²) >= 11 is 0. The molecule has 2 heterocycles. The van der Waals surface area contributed by atoms with E-state index in [0.29, 0.717) is 23.5 Å². The van der Waals surface area contributed by atoms with Gasteiger partial charge in [-0.25, -0.2) is 4.68 Å². The second kappa shape index (κ2) is 7.20. The lowest BCUT2D eigenvalue weighted by atomic mass is 10.0. The summed E-state index contributed by atoms with van der Waals surface area (Å²) in [7, 11) is 0. The molecule has 6 heteroatoms. The van der Waals surface area contributed by atoms with Gasteiger partial charge in [-0.2, -0.15) is 10.1 Å². The van der Waals surface area contributed by atoms with Gasteiger partial charge in [0, 0.05) is 6.54 Å². The van der Waals surface area contributed by atoms with Gasteiger partial charge in [-0.15, -0.1) is 0 Å². The number of anilines is 1. The van der Waals surface area contributed by atoms with Crippen LogP contribution in [0.5, 0.6) is 0 Å². The zero-order valence-electron chi connectivity index (χ0n) is 17.2. The molecule has 0 bridgehead atoms. The highest BCUT2D eigenvalue weighted by atomic mass is 16.1. The van der Waals surface area contributed by atoms with E-state index in [0.717, 1.165) is 11.1 Å². The maximum Gasteiger partial charge on any atom is 0.263 e. The molecule has 2 aromatic carbocycles. The van der Waals surface area contributed by atoms with Crippen LogP contribution in [-0.2, 0) is 12.1 Å². The smallest absolute Gasteiger partial charge is 0.263 e. The van der Waals surface area contributed by atoms with Gasteiger partial charge in [-0.3, -0.25) is 9.78 Å². The standard InChI is InChI=1S/C23H25N5O/c1-15-7-5-9-17(11-15)18-10-6-8-16(12-18)13-24-22-26-20-19(21(29)27-22)14-25-28(20)23(2,3)4/h5-12,14H,13H2,1-4H3,(H2,24,26,27,29). The predicted molar refractivity (Wildman–Crippen MR) is 117 cm³/mol. The van der Waals surface area contributed by atoms with Gasteiger partial charge in [0.05, 0.1) is 11.7 Å². The Hall–Kier alpha value is -3.41. The molecular weight excluding hydrogens is 362 g/mol. The third-order valence-electron chi connectivity index (χ3n) is 4.81. The number of benzene rings is 2. The van der Waals surface area contributed by atoms with E-state index in [9.17, 15) is 4.79 Å². The van der Waals surface area contributed by atoms with Crippen LogP contribution in [0.15, 0.2) is 59.5 Å². The van der Waals surface area contributed by atoms with Crippen molar-refractivity contribution in [3.63, 3.8) is 0 Å². The summed E-state index contributed by atoms with van der Waals surface area (Å²) in [4.78, 5) is 19.8. The van der Waals surface area contributed by atoms with Crippen LogP contribution >= 0.6 is 0 Å². The average molecular weight is 387 g/mol. The van der Waals surface area contributed by atoms with E-state index >= 15 is 0 Å². The largest absolute Gasteiger partial charge is 0.352 e. The van der Waals surface area contributed by atoms with E-state index in [1.54, 1.807) is 10.9 Å². The fourth-order valence-electron chi connectivity index (χ4n) is 3.36. The fourth-order valence-corrected chi connectivity index (χ4v) is 3.36. The van der Waals surface area contributed by atoms with Crippen LogP contribution in [0.1, 0.15) is 31.9 Å². The number of hydrogen-bond donors (Lipinski definition) is 2. The number of H-pyrrole nitrogens is 1. The number of fused-ring (bicyclic) bond motifs is 1. The second-order valence-electron chi connectivity index (χ2n) is 8.30. The number of nitrogens with one attached hydrogen (secondary N) is 2. The highest BCUT2D eigenvalue weighted by molar-refractivity contribution is 5.74. The topological polar surface area (TPSA) is 75.6 Å². The average Bonchev–Trinajstić information content (AvgIpc) is 3.12. The van der Waals surface area contributed by atoms with Crippen molar-refractivity contribution in [2.45, 2.75) is 39.8 Å². The highest BCUT2D eigenvalue weighted by Crippen LogP contribution is 2.22. The third-order valence-corrected chi connectivity index (χ3v) is 4.81. The van der Waals surface area contributed by atoms with Gasteiger partial charge < -0.3 is 5.32 Å². The summed E-state index contributed by atoms with van der Waals surface area (Å²) in [6, 6.07) is 16.8. The summed E-state index contributed by atoms with van der Waals surface area (Å²) in [5.41, 5.74) is 4.82. The molecule has 0 amide bonds. The van der Waals surface area contributed by atoms with Crippen LogP contribution in [0.4, 0.5) is 5.95 Å². The molecule has 0 saturated heterocycles. The molecule has 0 radical (unpaired) electrons. The summed E-state index contributed by atoms with van der Waals surface area (Å²) < 4.78 is 1.78. The first-order chi connectivity index (χ1) is 13.8. The third kappa shape index (κ3) is 3.92. The first kappa shape index (κ1) is 18.9. The van der Waals surface area contributed by atoms with Crippen LogP contribution in [0.25, 0.3) is 22.2 Å². The van der Waals surface area contributed by atoms with E-state index in [1.807, 2.05) is 26.8 Å². The number of aromatic nitrogens is 4. The number of hydrogen-bond acceptors (Lipinski definition) is 4. The molecule has 2 N–H and O–H groups in total. The van der Waals surface area contributed by atoms with E-state index in [4.69, 9.17) is 0 Å². The summed E-state index contributed by atoms with van der Waals surface area (Å²) in [5.74, 6) is 0.439. The van der Waals surface area contributed by atoms with Gasteiger partial charge in [0.2, 0.25) is 5.95 Å². The molecule has 0 aliphatic rings. The highest BCUT2D eigenvalue weighted by Gasteiger charge is 2.19. The first-order valence-corrected chi connectivity index (χ1v) is 9.70. The van der Waals surface area contributed by atoms with Gasteiger partial charge >= 0.3 is 0 Å². The predicted octanol–water partition coefficient (Wildman–Crippen LogP) is 4.46. The minimum atomic E-state index is -0.262. The van der Waals surface area contributed by atoms with Crippen molar-refractivity contribution in [3.8, 4) is 11.1 Å². The second-order valence-corrected chi connectivity index (χ2v) is 8.30. The van der Waals surface area contributed by atoms with Crippen molar-refractivity contribution in [2.24, 2.45) is 0 Å². The van der Waals surface area contributed by atoms with Crippen molar-refractivity contribution < 1.29 is 0 Å². The van der Waals surface area contributed by atoms with Crippen molar-refractivity contribution in [1.29, 1.82) is 0 Å². The molecular formula is C23H25N5O. The van der Waals surface area contributed by atoms with E-state index < -0.39 is 0 Å². The van der Waals surface area contributed by atoms with Crippen LogP contribution in [0, 0.1) is 6.92 Å². The molecule has 0 saturated carbocycles. The maximum atomic E-state index is 12.4. The Morgan fingerprint density at radius 2 is 1.79 bits per heavy atom. The Morgan fingerprint density at radius 3 is 2.52 bits per heavy atom. The fraction of sp³-hybridized carbons (Fsp3) is 0.261. The Balaban J connectivity index is 1.60. The lowest BCUT2D eigenvalue weighted by Crippen LogP contribution is -2.24. The van der Waals surface area contributed by atoms with Gasteiger partial charge in [-0.05, 0) is 50.5 Å². The van der Waals surface area contributed by atoms with Crippen LogP contribution in [-0.4, -0.2) is 19.7 Å². The van der Waals surface area contributed by atoms with Crippen molar-refractivity contribution in [3.05, 3.63) is 76.2 Å². The SMILES string of the molecule is Cc1cccc(-c2cccc(CNc3nc4c(cnn4C(C)(C)C)c(=O)[nH]3)c2)c1. The van der Waals surface area contributed by atoms with Crippen LogP contribution in [0.2, 0.25) is 0 Å². The zero-order valence-corrected chi connectivity index (χ0v) is 17.2. The van der Waals surface area contributed by atoms with E-state index in [-0.39, 0.29) is 11.1 Å². The molecule has 4 aromatic rings. The molecule has 0 fully saturated rings. The van der Waals surface area contributed by atoms with E-state index in [2.05, 4.69) is 69.8 Å². The number of aromatic amines is 1. The van der Waals surface area contributed by atoms with Crippen molar-refractivity contribution in [2.75, 3.05) is 5.32 Å². The number of rotatable bonds is 4. The molecule has 0 spiro atoms. The quantitative estimate of drug-likeness (QED) is 0.542. The normalized spacial score (nSPS) is 11.7. The Kier molecular flexibility index (Phi) is 4.70. The maximum absolute atomic E-state index is 12.4. The molecule has 0 atom stereocenters. The molecule has 0 unspecified atom stereocenters. The molecule has 6 nitrogen and oxygen atoms in total. The van der Waals surface area contributed by atoms with Gasteiger partial charge in [-0.1, -0.05) is 48.0 Å². The van der Waals surface area contributed by atoms with Gasteiger partial charge in [0.15, 0.2) is 5.65 Å². The van der Waals surface area contributed by atoms with Crippen LogP contribution < -0.4 is 10.9 Å². The molecule has 0 aliphatic carbocycles. The number of nitrogens with zero attached hydrogens (tertiary/aromatic N) is 3. The first-order valence-electron chi connectivity index (χ1n) is 9.70. The van der Waals surface area contributed by atoms with Crippen molar-refractivity contribution >= 4 is 17.0 Å². The Morgan fingerprint density at radius 1 is 1.07 bits per heavy atom. The van der Waals surface area contributed by atoms with Crippen molar-refractivity contribution in [1.82, 2.24) is 19.7 Å². The van der Waals surface area contributed by atoms with E-state index in [1.165, 1.54) is 11.1 Å². The molecule has 29 heavy (non-hydrogen) atoms. The Labute approximate surface area is 169 Å². The summed E-state index contributed by atoms with van der Waals surface area (Å²) in [6.07, 6.45) is 1.57. The molecule has 4 rings (SSSR count). The van der Waals surface area contributed by atoms with Gasteiger partial charge in [0.1, 0.15) is 5.39 Å². The monoisotopic (exact) mass is 387 g/mol. The molecule has 0 aliphatic heterocycles. The minimum Gasteiger partial charge on any atom is -0.352 e. The molecule has 2 aromatic heterocycles. The summed E-state index contributed by atoms with van der Waals surface area (Å²) in [6.45, 7) is 8.75. The lowest BCUT2D eigenvalue weighted by Gasteiger charge is -2.19. The number of aryl methyl sites for hydroxylation is 1. The Bertz CT molecular complexity index is 1230. The van der Waals surface area contributed by atoms with Gasteiger partial charge in [0.25, 0.3) is 5.56 Å². The lowest BCUT2D eigenvalue weighted by molar-refractivity contribution is 0.366. The van der Waals surface area contributed by atoms with Crippen LogP contribution in [0.3, 0.4) is 0 Å².